The summed E-state index contributed by atoms with van der Waals surface area (Å²) in [5.74, 6) is 0.612. The van der Waals surface area contributed by atoms with Gasteiger partial charge in [-0.15, -0.1) is 0 Å². The van der Waals surface area contributed by atoms with Crippen molar-refractivity contribution < 1.29 is 22.7 Å². The van der Waals surface area contributed by atoms with Crippen molar-refractivity contribution in [2.45, 2.75) is 81.8 Å². The van der Waals surface area contributed by atoms with Gasteiger partial charge < -0.3 is 14.8 Å². The summed E-state index contributed by atoms with van der Waals surface area (Å²) in [4.78, 5) is 12.7. The van der Waals surface area contributed by atoms with Gasteiger partial charge in [-0.05, 0) is 87.5 Å². The number of aliphatic hydroxyl groups is 1. The Morgan fingerprint density at radius 2 is 1.68 bits per heavy atom. The van der Waals surface area contributed by atoms with Gasteiger partial charge in [-0.1, -0.05) is 6.07 Å². The summed E-state index contributed by atoms with van der Waals surface area (Å²) in [6.07, 6.45) is 7.65. The topological polar surface area (TPSA) is 109 Å². The predicted octanol–water partition coefficient (Wildman–Crippen LogP) is 3.87. The first-order valence-corrected chi connectivity index (χ1v) is 12.5. The zero-order chi connectivity index (χ0) is 22.0. The summed E-state index contributed by atoms with van der Waals surface area (Å²) in [5, 5.41) is 12.9. The molecule has 31 heavy (non-hydrogen) atoms. The molecule has 1 aromatic heterocycles. The van der Waals surface area contributed by atoms with Crippen LogP contribution in [0.1, 0.15) is 79.0 Å². The summed E-state index contributed by atoms with van der Waals surface area (Å²) in [5.41, 5.74) is 4.78. The molecule has 2 aromatic rings. The second-order valence-corrected chi connectivity index (χ2v) is 11.1. The normalized spacial score (nSPS) is 18.0. The van der Waals surface area contributed by atoms with Crippen molar-refractivity contribution in [2.75, 3.05) is 5.32 Å². The highest BCUT2D eigenvalue weighted by Gasteiger charge is 2.37. The molecule has 8 heteroatoms. The van der Waals surface area contributed by atoms with Crippen LogP contribution in [0.25, 0.3) is 0 Å². The average Bonchev–Trinajstić information content (AvgIpc) is 3.10. The van der Waals surface area contributed by atoms with Crippen molar-refractivity contribution in [3.05, 3.63) is 45.7 Å². The van der Waals surface area contributed by atoms with E-state index in [1.54, 1.807) is 13.8 Å². The first-order chi connectivity index (χ1) is 14.6. The largest absolute Gasteiger partial charge is 0.447 e. The van der Waals surface area contributed by atoms with Gasteiger partial charge in [0.2, 0.25) is 5.09 Å². The van der Waals surface area contributed by atoms with Crippen LogP contribution in [0.2, 0.25) is 0 Å². The lowest BCUT2D eigenvalue weighted by Gasteiger charge is -2.16. The molecule has 1 aromatic carbocycles. The van der Waals surface area contributed by atoms with E-state index in [0.717, 1.165) is 68.2 Å². The van der Waals surface area contributed by atoms with Gasteiger partial charge in [-0.3, -0.25) is 0 Å². The Morgan fingerprint density at radius 3 is 2.23 bits per heavy atom. The van der Waals surface area contributed by atoms with Crippen LogP contribution >= 0.6 is 0 Å². The minimum Gasteiger partial charge on any atom is -0.447 e. The molecule has 166 valence electrons. The molecule has 0 radical (unpaired) electrons. The maximum absolute atomic E-state index is 12.9. The second kappa shape index (κ2) is 7.10. The maximum atomic E-state index is 12.9. The van der Waals surface area contributed by atoms with Crippen molar-refractivity contribution in [1.82, 2.24) is 4.72 Å². The number of nitrogens with one attached hydrogen (secondary N) is 2. The van der Waals surface area contributed by atoms with Crippen LogP contribution in [0.15, 0.2) is 21.6 Å². The van der Waals surface area contributed by atoms with E-state index in [-0.39, 0.29) is 11.0 Å². The number of hydrogen-bond acceptors (Lipinski definition) is 5. The Balaban J connectivity index is 1.41. The van der Waals surface area contributed by atoms with E-state index in [1.807, 2.05) is 0 Å². The Bertz CT molecular complexity index is 1140. The van der Waals surface area contributed by atoms with Crippen LogP contribution in [-0.4, -0.2) is 19.6 Å². The van der Waals surface area contributed by atoms with E-state index in [4.69, 9.17) is 4.42 Å². The zero-order valence-corrected chi connectivity index (χ0v) is 18.7. The smallest absolute Gasteiger partial charge is 0.333 e. The lowest BCUT2D eigenvalue weighted by molar-refractivity contribution is 0.0765. The van der Waals surface area contributed by atoms with E-state index in [0.29, 0.717) is 11.3 Å². The lowest BCUT2D eigenvalue weighted by Crippen LogP contribution is -2.34. The number of carbonyl (C=O) groups is 1. The molecule has 0 saturated heterocycles. The fourth-order valence-electron chi connectivity index (χ4n) is 4.92. The number of furan rings is 1. The van der Waals surface area contributed by atoms with Crippen LogP contribution in [0.4, 0.5) is 10.5 Å². The highest BCUT2D eigenvalue weighted by molar-refractivity contribution is 7.89. The monoisotopic (exact) mass is 444 g/mol. The van der Waals surface area contributed by atoms with Crippen LogP contribution in [-0.2, 0) is 41.3 Å². The fraction of sp³-hybridized carbons (Fsp3) is 0.522. The van der Waals surface area contributed by atoms with Crippen LogP contribution in [0.5, 0.6) is 0 Å². The molecular formula is C23H28N2O5S. The fourth-order valence-corrected chi connectivity index (χ4v) is 5.79. The van der Waals surface area contributed by atoms with E-state index in [9.17, 15) is 18.3 Å². The number of sulfonamides is 1. The molecule has 7 nitrogen and oxygen atoms in total. The lowest BCUT2D eigenvalue weighted by atomic mass is 9.97. The molecule has 0 unspecified atom stereocenters. The number of benzene rings is 1. The van der Waals surface area contributed by atoms with Gasteiger partial charge >= 0.3 is 6.03 Å². The molecule has 2 amide bonds. The molecule has 3 aliphatic carbocycles. The standard InChI is InChI=1S/C23H28N2O5S/c1-23(2,27)18-12-19(30-21(18)13-9-10-13)31(28,29)25-22(26)24-20-16-7-3-5-14(16)11-15-6-4-8-17(15)20/h11-13,27H,3-10H2,1-2H3,(H2,24,25,26). The van der Waals surface area contributed by atoms with Gasteiger partial charge in [-0.2, -0.15) is 8.42 Å². The van der Waals surface area contributed by atoms with Gasteiger partial charge in [0.1, 0.15) is 5.76 Å². The molecule has 3 N–H and O–H groups in total. The number of carbonyl (C=O) groups excluding carboxylic acids is 1. The molecule has 0 aliphatic heterocycles. The molecule has 5 rings (SSSR count). The summed E-state index contributed by atoms with van der Waals surface area (Å²) in [7, 11) is -4.22. The zero-order valence-electron chi connectivity index (χ0n) is 17.9. The molecule has 0 atom stereocenters. The van der Waals surface area contributed by atoms with Crippen LogP contribution in [0, 0.1) is 0 Å². The SMILES string of the molecule is CC(C)(O)c1cc(S(=O)(=O)NC(=O)Nc2c3c(cc4c2CCC4)CCC3)oc1C1CC1. The van der Waals surface area contributed by atoms with Gasteiger partial charge in [0, 0.05) is 23.2 Å². The number of fused-ring (bicyclic) bond motifs is 2. The molecule has 1 heterocycles. The van der Waals surface area contributed by atoms with Crippen molar-refractivity contribution >= 4 is 21.7 Å². The Hall–Kier alpha value is -2.32. The second-order valence-electron chi connectivity index (χ2n) is 9.47. The molecule has 0 spiro atoms. The van der Waals surface area contributed by atoms with Crippen LogP contribution < -0.4 is 10.0 Å². The summed E-state index contributed by atoms with van der Waals surface area (Å²) < 4.78 is 33.5. The van der Waals surface area contributed by atoms with Gasteiger partial charge in [-0.25, -0.2) is 9.52 Å². The Kier molecular flexibility index (Phi) is 4.71. The van der Waals surface area contributed by atoms with Gasteiger partial charge in [0.25, 0.3) is 10.0 Å². The van der Waals surface area contributed by atoms with Crippen molar-refractivity contribution in [3.63, 3.8) is 0 Å². The number of anilines is 1. The number of rotatable bonds is 5. The van der Waals surface area contributed by atoms with Crippen molar-refractivity contribution in [2.24, 2.45) is 0 Å². The summed E-state index contributed by atoms with van der Waals surface area (Å²) in [6.45, 7) is 3.19. The van der Waals surface area contributed by atoms with E-state index >= 15 is 0 Å². The van der Waals surface area contributed by atoms with Gasteiger partial charge in [0.15, 0.2) is 0 Å². The highest BCUT2D eigenvalue weighted by Crippen LogP contribution is 2.46. The number of hydrogen-bond donors (Lipinski definition) is 3. The van der Waals surface area contributed by atoms with Gasteiger partial charge in [0.05, 0.1) is 5.60 Å². The highest BCUT2D eigenvalue weighted by atomic mass is 32.2. The summed E-state index contributed by atoms with van der Waals surface area (Å²) in [6, 6.07) is 2.80. The summed E-state index contributed by atoms with van der Waals surface area (Å²) >= 11 is 0. The first-order valence-electron chi connectivity index (χ1n) is 11.0. The minimum absolute atomic E-state index is 0.119. The third-order valence-corrected chi connectivity index (χ3v) is 7.73. The number of urea groups is 1. The molecular weight excluding hydrogens is 416 g/mol. The van der Waals surface area contributed by atoms with Crippen LogP contribution in [0.3, 0.4) is 0 Å². The quantitative estimate of drug-likeness (QED) is 0.649. The first kappa shape index (κ1) is 20.6. The minimum atomic E-state index is -4.22. The Labute approximate surface area is 182 Å². The number of aryl methyl sites for hydroxylation is 2. The van der Waals surface area contributed by atoms with Crippen molar-refractivity contribution in [3.8, 4) is 0 Å². The Morgan fingerprint density at radius 1 is 1.06 bits per heavy atom. The molecule has 1 fully saturated rings. The van der Waals surface area contributed by atoms with Crippen molar-refractivity contribution in [1.29, 1.82) is 0 Å². The molecule has 3 aliphatic rings. The molecule has 1 saturated carbocycles. The average molecular weight is 445 g/mol. The van der Waals surface area contributed by atoms with E-state index in [1.165, 1.54) is 17.2 Å². The van der Waals surface area contributed by atoms with E-state index in [2.05, 4.69) is 16.1 Å². The third-order valence-electron chi connectivity index (χ3n) is 6.55. The van der Waals surface area contributed by atoms with E-state index < -0.39 is 21.7 Å². The third kappa shape index (κ3) is 3.76. The maximum Gasteiger partial charge on any atom is 0.333 e. The predicted molar refractivity (Wildman–Crippen MR) is 116 cm³/mol. The molecule has 0 bridgehead atoms. The number of amides is 2.